The van der Waals surface area contributed by atoms with Crippen LogP contribution in [0.4, 0.5) is 16.2 Å². The maximum atomic E-state index is 13.3. The number of ether oxygens (including phenoxy) is 1. The third kappa shape index (κ3) is 11.7. The predicted molar refractivity (Wildman–Crippen MR) is 166 cm³/mol. The zero-order valence-electron chi connectivity index (χ0n) is 24.3. The standard InChI is InChI=1S/C31H38N4O7S/c1-23(17-18-32-30(37)25-11-6-12-27(21-25)33-31(38)39)20-29(36)35(19-7-10-24-8-4-3-5-9-24)22-43(40,41)34-26-13-15-28(42-2)16-14-26/h3-6,8-9,11-16,21,23,33-34H,7,10,17-20,22H2,1-2H3,(H,32,37)(H,38,39). The number of nitrogens with one attached hydrogen (secondary N) is 3. The van der Waals surface area contributed by atoms with Crippen molar-refractivity contribution in [3.8, 4) is 5.75 Å². The molecule has 0 saturated heterocycles. The van der Waals surface area contributed by atoms with Gasteiger partial charge < -0.3 is 20.1 Å². The predicted octanol–water partition coefficient (Wildman–Crippen LogP) is 4.79. The molecule has 0 fully saturated rings. The summed E-state index contributed by atoms with van der Waals surface area (Å²) in [5, 5.41) is 13.9. The number of hydrogen-bond acceptors (Lipinski definition) is 6. The van der Waals surface area contributed by atoms with Crippen molar-refractivity contribution < 1.29 is 32.6 Å². The van der Waals surface area contributed by atoms with Crippen LogP contribution < -0.4 is 20.1 Å². The molecule has 1 unspecified atom stereocenters. The number of rotatable bonds is 16. The number of sulfonamides is 1. The molecule has 3 amide bonds. The van der Waals surface area contributed by atoms with Gasteiger partial charge in [0, 0.05) is 36.4 Å². The molecule has 0 aliphatic rings. The van der Waals surface area contributed by atoms with Crippen LogP contribution in [0.3, 0.4) is 0 Å². The lowest BCUT2D eigenvalue weighted by atomic mass is 10.0. The summed E-state index contributed by atoms with van der Waals surface area (Å²) in [7, 11) is -2.36. The van der Waals surface area contributed by atoms with Crippen molar-refractivity contribution in [3.63, 3.8) is 0 Å². The highest BCUT2D eigenvalue weighted by molar-refractivity contribution is 7.92. The maximum Gasteiger partial charge on any atom is 0.409 e. The van der Waals surface area contributed by atoms with E-state index in [1.165, 1.54) is 24.1 Å². The first-order valence-electron chi connectivity index (χ1n) is 13.9. The minimum Gasteiger partial charge on any atom is -0.497 e. The Labute approximate surface area is 252 Å². The number of benzene rings is 3. The number of carboxylic acid groups (broad SMARTS) is 1. The Morgan fingerprint density at radius 1 is 0.953 bits per heavy atom. The molecule has 3 aromatic rings. The lowest BCUT2D eigenvalue weighted by molar-refractivity contribution is -0.131. The van der Waals surface area contributed by atoms with E-state index in [9.17, 15) is 22.8 Å². The fourth-order valence-corrected chi connectivity index (χ4v) is 5.62. The monoisotopic (exact) mass is 610 g/mol. The summed E-state index contributed by atoms with van der Waals surface area (Å²) in [6.45, 7) is 2.42. The van der Waals surface area contributed by atoms with E-state index in [1.54, 1.807) is 36.4 Å². The number of carbonyl (C=O) groups is 3. The van der Waals surface area contributed by atoms with E-state index in [0.717, 1.165) is 5.56 Å². The van der Waals surface area contributed by atoms with E-state index in [1.807, 2.05) is 37.3 Å². The second-order valence-corrected chi connectivity index (χ2v) is 11.9. The Morgan fingerprint density at radius 2 is 1.67 bits per heavy atom. The van der Waals surface area contributed by atoms with Gasteiger partial charge in [-0.05, 0) is 73.2 Å². The van der Waals surface area contributed by atoms with Gasteiger partial charge >= 0.3 is 6.09 Å². The van der Waals surface area contributed by atoms with Crippen molar-refractivity contribution in [1.29, 1.82) is 0 Å². The number of carbonyl (C=O) groups excluding carboxylic acids is 2. The average Bonchev–Trinajstić information content (AvgIpc) is 2.97. The molecule has 0 heterocycles. The van der Waals surface area contributed by atoms with Crippen molar-refractivity contribution in [2.24, 2.45) is 5.92 Å². The molecule has 43 heavy (non-hydrogen) atoms. The summed E-state index contributed by atoms with van der Waals surface area (Å²) < 4.78 is 33.7. The number of amides is 3. The molecule has 0 aliphatic heterocycles. The van der Waals surface area contributed by atoms with Crippen LogP contribution in [0.5, 0.6) is 5.75 Å². The molecule has 12 heteroatoms. The van der Waals surface area contributed by atoms with Crippen LogP contribution in [0.25, 0.3) is 0 Å². The highest BCUT2D eigenvalue weighted by Gasteiger charge is 2.23. The van der Waals surface area contributed by atoms with Gasteiger partial charge in [-0.2, -0.15) is 0 Å². The molecular formula is C31H38N4O7S. The van der Waals surface area contributed by atoms with Crippen molar-refractivity contribution in [2.45, 2.75) is 32.6 Å². The summed E-state index contributed by atoms with van der Waals surface area (Å²) >= 11 is 0. The van der Waals surface area contributed by atoms with E-state index < -0.39 is 22.0 Å². The van der Waals surface area contributed by atoms with E-state index >= 15 is 0 Å². The smallest absolute Gasteiger partial charge is 0.409 e. The minimum absolute atomic E-state index is 0.108. The lowest BCUT2D eigenvalue weighted by Gasteiger charge is -2.24. The van der Waals surface area contributed by atoms with Gasteiger partial charge in [0.2, 0.25) is 5.91 Å². The third-order valence-corrected chi connectivity index (χ3v) is 7.80. The fraction of sp³-hybridized carbons (Fsp3) is 0.323. The van der Waals surface area contributed by atoms with E-state index in [0.29, 0.717) is 36.3 Å². The van der Waals surface area contributed by atoms with Crippen LogP contribution >= 0.6 is 0 Å². The Balaban J connectivity index is 1.57. The summed E-state index contributed by atoms with van der Waals surface area (Å²) in [5.74, 6) is -0.696. The molecule has 4 N–H and O–H groups in total. The van der Waals surface area contributed by atoms with Gasteiger partial charge in [-0.1, -0.05) is 43.3 Å². The summed E-state index contributed by atoms with van der Waals surface area (Å²) in [6, 6.07) is 22.4. The molecule has 3 rings (SSSR count). The van der Waals surface area contributed by atoms with Crippen LogP contribution in [0.1, 0.15) is 42.1 Å². The molecule has 11 nitrogen and oxygen atoms in total. The molecule has 230 valence electrons. The van der Waals surface area contributed by atoms with Gasteiger partial charge in [-0.15, -0.1) is 0 Å². The van der Waals surface area contributed by atoms with Crippen molar-refractivity contribution >= 4 is 39.3 Å². The number of methoxy groups -OCH3 is 1. The average molecular weight is 611 g/mol. The molecule has 0 radical (unpaired) electrons. The van der Waals surface area contributed by atoms with Gasteiger partial charge in [0.1, 0.15) is 11.6 Å². The van der Waals surface area contributed by atoms with Crippen molar-refractivity contribution in [2.75, 3.05) is 36.1 Å². The Bertz CT molecular complexity index is 1460. The molecule has 0 spiro atoms. The summed E-state index contributed by atoms with van der Waals surface area (Å²) in [6.07, 6.45) is 0.654. The normalized spacial score (nSPS) is 11.7. The molecule has 0 bridgehead atoms. The number of hydrogen-bond donors (Lipinski definition) is 4. The zero-order chi connectivity index (χ0) is 31.2. The van der Waals surface area contributed by atoms with Crippen molar-refractivity contribution in [1.82, 2.24) is 10.2 Å². The first kappa shape index (κ1) is 32.9. The quantitative estimate of drug-likeness (QED) is 0.182. The fourth-order valence-electron chi connectivity index (χ4n) is 4.38. The largest absolute Gasteiger partial charge is 0.497 e. The van der Waals surface area contributed by atoms with E-state index in [-0.39, 0.29) is 42.9 Å². The van der Waals surface area contributed by atoms with Gasteiger partial charge in [-0.3, -0.25) is 19.6 Å². The molecule has 3 aromatic carbocycles. The van der Waals surface area contributed by atoms with Crippen LogP contribution in [0.15, 0.2) is 78.9 Å². The van der Waals surface area contributed by atoms with Gasteiger partial charge in [0.05, 0.1) is 7.11 Å². The number of nitrogens with zero attached hydrogens (tertiary/aromatic N) is 1. The number of anilines is 2. The maximum absolute atomic E-state index is 13.3. The minimum atomic E-state index is -3.88. The first-order chi connectivity index (χ1) is 20.5. The second-order valence-electron chi connectivity index (χ2n) is 10.2. The van der Waals surface area contributed by atoms with Crippen LogP contribution in [-0.4, -0.2) is 62.4 Å². The molecule has 1 atom stereocenters. The van der Waals surface area contributed by atoms with Crippen LogP contribution in [0, 0.1) is 5.92 Å². The Kier molecular flexibility index (Phi) is 12.4. The molecule has 0 aromatic heterocycles. The van der Waals surface area contributed by atoms with Crippen molar-refractivity contribution in [3.05, 3.63) is 90.0 Å². The highest BCUT2D eigenvalue weighted by atomic mass is 32.2. The highest BCUT2D eigenvalue weighted by Crippen LogP contribution is 2.18. The second kappa shape index (κ2) is 16.2. The number of aryl methyl sites for hydroxylation is 1. The van der Waals surface area contributed by atoms with E-state index in [4.69, 9.17) is 9.84 Å². The lowest BCUT2D eigenvalue weighted by Crippen LogP contribution is -2.39. The summed E-state index contributed by atoms with van der Waals surface area (Å²) in [5.41, 5.74) is 2.05. The zero-order valence-corrected chi connectivity index (χ0v) is 25.1. The topological polar surface area (TPSA) is 154 Å². The Morgan fingerprint density at radius 3 is 2.35 bits per heavy atom. The molecule has 0 saturated carbocycles. The van der Waals surface area contributed by atoms with Gasteiger partial charge in [0.25, 0.3) is 15.9 Å². The van der Waals surface area contributed by atoms with Crippen LogP contribution in [-0.2, 0) is 21.2 Å². The van der Waals surface area contributed by atoms with Gasteiger partial charge in [-0.25, -0.2) is 13.2 Å². The molecule has 0 aliphatic carbocycles. The first-order valence-corrected chi connectivity index (χ1v) is 15.5. The summed E-state index contributed by atoms with van der Waals surface area (Å²) in [4.78, 5) is 38.1. The van der Waals surface area contributed by atoms with Gasteiger partial charge in [0.15, 0.2) is 0 Å². The Hall–Kier alpha value is -4.58. The third-order valence-electron chi connectivity index (χ3n) is 6.60. The van der Waals surface area contributed by atoms with E-state index in [2.05, 4.69) is 15.4 Å². The van der Waals surface area contributed by atoms with Crippen LogP contribution in [0.2, 0.25) is 0 Å². The SMILES string of the molecule is COc1ccc(NS(=O)(=O)CN(CCCc2ccccc2)C(=O)CC(C)CCNC(=O)c2cccc(NC(=O)O)c2)cc1. The molecular weight excluding hydrogens is 572 g/mol.